The molecule has 0 saturated carbocycles. The topological polar surface area (TPSA) is 97.0 Å². The van der Waals surface area contributed by atoms with Gasteiger partial charge in [-0.25, -0.2) is 0 Å². The van der Waals surface area contributed by atoms with Gasteiger partial charge in [0.1, 0.15) is 11.4 Å². The minimum atomic E-state index is -0.461. The van der Waals surface area contributed by atoms with Gasteiger partial charge >= 0.3 is 0 Å². The summed E-state index contributed by atoms with van der Waals surface area (Å²) >= 11 is 1.13. The number of anilines is 1. The zero-order valence-electron chi connectivity index (χ0n) is 13.1. The number of nitrogens with one attached hydrogen (secondary N) is 2. The Balaban J connectivity index is 2.05. The number of aromatic amines is 1. The molecule has 0 aliphatic rings. The number of nitrogens with zero attached hydrogens (tertiary/aromatic N) is 2. The maximum atomic E-state index is 12.3. The largest absolute Gasteiger partial charge is 0.492 e. The van der Waals surface area contributed by atoms with Crippen LogP contribution in [0.2, 0.25) is 0 Å². The first-order chi connectivity index (χ1) is 11.0. The second-order valence-electron chi connectivity index (χ2n) is 4.72. The molecular weight excluding hydrogens is 316 g/mol. The monoisotopic (exact) mass is 334 g/mol. The van der Waals surface area contributed by atoms with Gasteiger partial charge in [0, 0.05) is 0 Å². The third-order valence-electron chi connectivity index (χ3n) is 2.94. The average molecular weight is 334 g/mol. The zero-order valence-corrected chi connectivity index (χ0v) is 13.9. The van der Waals surface area contributed by atoms with Crippen molar-refractivity contribution >= 4 is 23.4 Å². The number of aryl methyl sites for hydroxylation is 1. The Hall–Kier alpha value is -2.35. The molecule has 122 valence electrons. The molecule has 2 aromatic rings. The molecule has 1 heterocycles. The number of ether oxygens (including phenoxy) is 1. The number of para-hydroxylation sites is 2. The van der Waals surface area contributed by atoms with Crippen LogP contribution >= 0.6 is 11.8 Å². The Morgan fingerprint density at radius 3 is 2.83 bits per heavy atom. The number of carbonyl (C=O) groups is 1. The van der Waals surface area contributed by atoms with E-state index in [1.807, 2.05) is 19.1 Å². The van der Waals surface area contributed by atoms with Crippen LogP contribution in [0.1, 0.15) is 19.5 Å². The van der Waals surface area contributed by atoms with Crippen LogP contribution in [-0.4, -0.2) is 32.9 Å². The van der Waals surface area contributed by atoms with Gasteiger partial charge in [-0.2, -0.15) is 0 Å². The molecule has 0 spiro atoms. The molecule has 0 unspecified atom stereocenters. The van der Waals surface area contributed by atoms with Crippen molar-refractivity contribution in [2.75, 3.05) is 11.9 Å². The van der Waals surface area contributed by atoms with E-state index in [4.69, 9.17) is 4.74 Å². The van der Waals surface area contributed by atoms with E-state index in [1.165, 1.54) is 0 Å². The van der Waals surface area contributed by atoms with Crippen LogP contribution < -0.4 is 15.6 Å². The quantitative estimate of drug-likeness (QED) is 0.784. The van der Waals surface area contributed by atoms with Gasteiger partial charge in [0.2, 0.25) is 5.91 Å². The lowest BCUT2D eigenvalue weighted by Crippen LogP contribution is -2.24. The number of amides is 1. The molecule has 1 atom stereocenters. The number of aromatic nitrogens is 3. The number of H-pyrrole nitrogens is 1. The van der Waals surface area contributed by atoms with Gasteiger partial charge in [-0.1, -0.05) is 23.9 Å². The molecule has 0 aliphatic heterocycles. The lowest BCUT2D eigenvalue weighted by atomic mass is 10.3. The third-order valence-corrected chi connectivity index (χ3v) is 3.92. The normalized spacial score (nSPS) is 11.8. The molecule has 2 N–H and O–H groups in total. The van der Waals surface area contributed by atoms with E-state index in [2.05, 4.69) is 20.5 Å². The molecule has 1 amide bonds. The molecule has 0 fully saturated rings. The Kier molecular flexibility index (Phi) is 5.75. The Morgan fingerprint density at radius 1 is 1.39 bits per heavy atom. The number of rotatable bonds is 6. The van der Waals surface area contributed by atoms with Crippen molar-refractivity contribution in [3.05, 3.63) is 40.3 Å². The first-order valence-electron chi connectivity index (χ1n) is 7.14. The maximum Gasteiger partial charge on any atom is 0.273 e. The lowest BCUT2D eigenvalue weighted by Gasteiger charge is -2.14. The van der Waals surface area contributed by atoms with Gasteiger partial charge in [-0.3, -0.25) is 14.6 Å². The van der Waals surface area contributed by atoms with Gasteiger partial charge in [0.15, 0.2) is 5.16 Å². The van der Waals surface area contributed by atoms with E-state index in [0.29, 0.717) is 23.2 Å². The van der Waals surface area contributed by atoms with Crippen LogP contribution in [-0.2, 0) is 4.79 Å². The molecule has 8 heteroatoms. The minimum Gasteiger partial charge on any atom is -0.492 e. The molecule has 7 nitrogen and oxygen atoms in total. The molecule has 1 aromatic heterocycles. The van der Waals surface area contributed by atoms with Gasteiger partial charge in [0.25, 0.3) is 5.56 Å². The van der Waals surface area contributed by atoms with E-state index in [1.54, 1.807) is 26.0 Å². The Bertz CT molecular complexity index is 747. The summed E-state index contributed by atoms with van der Waals surface area (Å²) in [7, 11) is 0. The van der Waals surface area contributed by atoms with Gasteiger partial charge in [-0.15, -0.1) is 10.2 Å². The van der Waals surface area contributed by atoms with Gasteiger partial charge in [0.05, 0.1) is 17.5 Å². The number of carbonyl (C=O) groups excluding carboxylic acids is 1. The van der Waals surface area contributed by atoms with Crippen LogP contribution in [0.3, 0.4) is 0 Å². The van der Waals surface area contributed by atoms with Crippen LogP contribution in [0.25, 0.3) is 0 Å². The predicted molar refractivity (Wildman–Crippen MR) is 88.9 cm³/mol. The summed E-state index contributed by atoms with van der Waals surface area (Å²) in [5, 5.41) is 10.3. The van der Waals surface area contributed by atoms with Crippen molar-refractivity contribution < 1.29 is 9.53 Å². The molecule has 0 aliphatic carbocycles. The lowest BCUT2D eigenvalue weighted by molar-refractivity contribution is -0.115. The number of hydrogen-bond donors (Lipinski definition) is 2. The summed E-state index contributed by atoms with van der Waals surface area (Å²) in [6, 6.07) is 7.22. The fourth-order valence-electron chi connectivity index (χ4n) is 1.74. The zero-order chi connectivity index (χ0) is 16.8. The fraction of sp³-hybridized carbons (Fsp3) is 0.333. The third kappa shape index (κ3) is 4.56. The highest BCUT2D eigenvalue weighted by Gasteiger charge is 2.18. The van der Waals surface area contributed by atoms with Crippen molar-refractivity contribution in [3.63, 3.8) is 0 Å². The average Bonchev–Trinajstić information content (AvgIpc) is 2.53. The van der Waals surface area contributed by atoms with Crippen LogP contribution in [0.5, 0.6) is 5.75 Å². The van der Waals surface area contributed by atoms with Crippen LogP contribution in [0.15, 0.2) is 34.2 Å². The minimum absolute atomic E-state index is 0.217. The Morgan fingerprint density at radius 2 is 2.13 bits per heavy atom. The van der Waals surface area contributed by atoms with E-state index >= 15 is 0 Å². The van der Waals surface area contributed by atoms with Crippen molar-refractivity contribution in [3.8, 4) is 5.75 Å². The molecule has 0 bridgehead atoms. The first kappa shape index (κ1) is 17.0. The highest BCUT2D eigenvalue weighted by Crippen LogP contribution is 2.25. The van der Waals surface area contributed by atoms with E-state index in [9.17, 15) is 9.59 Å². The van der Waals surface area contributed by atoms with Crippen molar-refractivity contribution in [2.45, 2.75) is 31.2 Å². The maximum absolute atomic E-state index is 12.3. The fourth-order valence-corrected chi connectivity index (χ4v) is 2.48. The van der Waals surface area contributed by atoms with Crippen molar-refractivity contribution in [1.82, 2.24) is 15.2 Å². The summed E-state index contributed by atoms with van der Waals surface area (Å²) in [5.41, 5.74) is 0.587. The Labute approximate surface area is 137 Å². The first-order valence-corrected chi connectivity index (χ1v) is 8.02. The SMILES string of the molecule is CCOc1ccccc1NC(=O)[C@@H](C)Sc1nnc(C)c(=O)[nH]1. The molecular formula is C15H18N4O3S. The van der Waals surface area contributed by atoms with Crippen LogP contribution in [0.4, 0.5) is 5.69 Å². The number of benzene rings is 1. The molecule has 0 radical (unpaired) electrons. The smallest absolute Gasteiger partial charge is 0.273 e. The summed E-state index contributed by atoms with van der Waals surface area (Å²) in [6.45, 7) is 5.69. The standard InChI is InChI=1S/C15H18N4O3S/c1-4-22-12-8-6-5-7-11(12)16-14(21)10(3)23-15-17-13(20)9(2)18-19-15/h5-8,10H,4H2,1-3H3,(H,16,21)(H,17,19,20)/t10-/m1/s1. The highest BCUT2D eigenvalue weighted by atomic mass is 32.2. The summed E-state index contributed by atoms with van der Waals surface area (Å²) < 4.78 is 5.47. The van der Waals surface area contributed by atoms with Gasteiger partial charge < -0.3 is 10.1 Å². The molecule has 23 heavy (non-hydrogen) atoms. The predicted octanol–water partition coefficient (Wildman–Crippen LogP) is 1.99. The molecule has 2 rings (SSSR count). The summed E-state index contributed by atoms with van der Waals surface area (Å²) in [6.07, 6.45) is 0. The van der Waals surface area contributed by atoms with E-state index < -0.39 is 5.25 Å². The number of hydrogen-bond acceptors (Lipinski definition) is 6. The van der Waals surface area contributed by atoms with Crippen LogP contribution in [0, 0.1) is 6.92 Å². The second-order valence-corrected chi connectivity index (χ2v) is 6.05. The number of thioether (sulfide) groups is 1. The van der Waals surface area contributed by atoms with Gasteiger partial charge in [-0.05, 0) is 32.9 Å². The van der Waals surface area contributed by atoms with E-state index in [-0.39, 0.29) is 17.2 Å². The van der Waals surface area contributed by atoms with Crippen molar-refractivity contribution in [1.29, 1.82) is 0 Å². The van der Waals surface area contributed by atoms with E-state index in [0.717, 1.165) is 11.8 Å². The highest BCUT2D eigenvalue weighted by molar-refractivity contribution is 8.00. The summed E-state index contributed by atoms with van der Waals surface area (Å²) in [4.78, 5) is 26.4. The second kappa shape index (κ2) is 7.77. The van der Waals surface area contributed by atoms with Crippen molar-refractivity contribution in [2.24, 2.45) is 0 Å². The molecule has 0 saturated heterocycles. The summed E-state index contributed by atoms with van der Waals surface area (Å²) in [5.74, 6) is 0.398. The molecule has 1 aromatic carbocycles.